The molecule has 2 aromatic heterocycles. The van der Waals surface area contributed by atoms with Crippen LogP contribution in [-0.2, 0) is 16.6 Å². The third kappa shape index (κ3) is 6.34. The van der Waals surface area contributed by atoms with Crippen LogP contribution < -0.4 is 15.5 Å². The molecular formula is C26H24FN7O3. The number of aryl methyl sites for hydroxylation is 1. The second kappa shape index (κ2) is 11.1. The van der Waals surface area contributed by atoms with E-state index in [1.807, 2.05) is 0 Å². The molecule has 0 saturated carbocycles. The lowest BCUT2D eigenvalue weighted by molar-refractivity contribution is -0.111. The molecule has 2 aromatic carbocycles. The number of halogens is 1. The van der Waals surface area contributed by atoms with Gasteiger partial charge >= 0.3 is 6.09 Å². The molecule has 0 spiro atoms. The molecule has 4 aromatic rings. The van der Waals surface area contributed by atoms with Crippen molar-refractivity contribution in [1.82, 2.24) is 19.7 Å². The van der Waals surface area contributed by atoms with Crippen LogP contribution in [0, 0.1) is 5.82 Å². The molecule has 2 heterocycles. The fraction of sp³-hybridized carbons (Fsp3) is 0.115. The smallest absolute Gasteiger partial charge is 0.420 e. The molecule has 0 bridgehead atoms. The molecule has 0 aliphatic heterocycles. The van der Waals surface area contributed by atoms with Crippen molar-refractivity contribution in [1.29, 1.82) is 0 Å². The molecule has 2 N–H and O–H groups in total. The molecule has 2 amide bonds. The number of anilines is 5. The molecule has 188 valence electrons. The zero-order valence-corrected chi connectivity index (χ0v) is 20.1. The van der Waals surface area contributed by atoms with Crippen molar-refractivity contribution in [3.8, 4) is 0 Å². The van der Waals surface area contributed by atoms with Gasteiger partial charge in [0.05, 0.1) is 17.6 Å². The normalized spacial score (nSPS) is 11.3. The van der Waals surface area contributed by atoms with E-state index >= 15 is 0 Å². The van der Waals surface area contributed by atoms with Gasteiger partial charge in [0.1, 0.15) is 17.7 Å². The lowest BCUT2D eigenvalue weighted by atomic mass is 10.1. The summed E-state index contributed by atoms with van der Waals surface area (Å²) in [5.74, 6) is -0.353. The van der Waals surface area contributed by atoms with Crippen LogP contribution in [0.4, 0.5) is 38.0 Å². The van der Waals surface area contributed by atoms with Crippen LogP contribution in [0.3, 0.4) is 0 Å². The number of hydrogen-bond acceptors (Lipinski definition) is 7. The predicted molar refractivity (Wildman–Crippen MR) is 137 cm³/mol. The maximum absolute atomic E-state index is 13.5. The van der Waals surface area contributed by atoms with Gasteiger partial charge in [-0.2, -0.15) is 10.1 Å². The number of aromatic nitrogens is 4. The van der Waals surface area contributed by atoms with Crippen molar-refractivity contribution in [2.75, 3.05) is 15.5 Å². The number of ether oxygens (including phenoxy) is 1. The van der Waals surface area contributed by atoms with E-state index in [1.54, 1.807) is 73.5 Å². The molecule has 37 heavy (non-hydrogen) atoms. The van der Waals surface area contributed by atoms with Gasteiger partial charge < -0.3 is 15.4 Å². The van der Waals surface area contributed by atoms with Gasteiger partial charge in [-0.1, -0.05) is 24.8 Å². The van der Waals surface area contributed by atoms with Crippen molar-refractivity contribution >= 4 is 40.8 Å². The highest BCUT2D eigenvalue weighted by Crippen LogP contribution is 2.30. The topological polar surface area (TPSA) is 114 Å². The highest BCUT2D eigenvalue weighted by molar-refractivity contribution is 6.00. The van der Waals surface area contributed by atoms with E-state index in [2.05, 4.69) is 32.3 Å². The van der Waals surface area contributed by atoms with Gasteiger partial charge in [-0.25, -0.2) is 19.1 Å². The fourth-order valence-electron chi connectivity index (χ4n) is 3.40. The van der Waals surface area contributed by atoms with Gasteiger partial charge in [-0.05, 0) is 48.9 Å². The SMILES string of the molecule is C=CC(=O)Nc1cccc(N(C(=O)O[C@H](C)c2ccc(F)cc2)c2ccnc(Nc3cnn(C)c3)n2)c1. The van der Waals surface area contributed by atoms with Gasteiger partial charge in [0, 0.05) is 31.2 Å². The second-order valence-corrected chi connectivity index (χ2v) is 7.92. The Hall–Kier alpha value is -5.06. The number of amides is 2. The Balaban J connectivity index is 1.68. The zero-order valence-electron chi connectivity index (χ0n) is 20.1. The molecule has 0 aliphatic carbocycles. The summed E-state index contributed by atoms with van der Waals surface area (Å²) in [6, 6.07) is 13.8. The third-order valence-electron chi connectivity index (χ3n) is 5.19. The largest absolute Gasteiger partial charge is 0.441 e. The van der Waals surface area contributed by atoms with Gasteiger partial charge in [0.2, 0.25) is 11.9 Å². The van der Waals surface area contributed by atoms with Crippen LogP contribution in [0.25, 0.3) is 0 Å². The Kier molecular flexibility index (Phi) is 7.53. The quantitative estimate of drug-likeness (QED) is 0.317. The minimum atomic E-state index is -0.741. The van der Waals surface area contributed by atoms with E-state index in [0.29, 0.717) is 22.6 Å². The molecule has 0 unspecified atom stereocenters. The number of carbonyl (C=O) groups excluding carboxylic acids is 2. The van der Waals surface area contributed by atoms with E-state index in [9.17, 15) is 14.0 Å². The summed E-state index contributed by atoms with van der Waals surface area (Å²) in [7, 11) is 1.78. The minimum Gasteiger partial charge on any atom is -0.441 e. The highest BCUT2D eigenvalue weighted by atomic mass is 19.1. The first-order valence-electron chi connectivity index (χ1n) is 11.2. The average molecular weight is 502 g/mol. The summed E-state index contributed by atoms with van der Waals surface area (Å²) in [4.78, 5) is 35.3. The summed E-state index contributed by atoms with van der Waals surface area (Å²) in [5, 5.41) is 9.81. The summed E-state index contributed by atoms with van der Waals surface area (Å²) in [6.45, 7) is 5.13. The van der Waals surface area contributed by atoms with Crippen LogP contribution in [0.15, 0.2) is 85.8 Å². The van der Waals surface area contributed by atoms with Crippen LogP contribution in [0.2, 0.25) is 0 Å². The predicted octanol–water partition coefficient (Wildman–Crippen LogP) is 5.25. The molecule has 11 heteroatoms. The summed E-state index contributed by atoms with van der Waals surface area (Å²) < 4.78 is 20.7. The summed E-state index contributed by atoms with van der Waals surface area (Å²) in [6.07, 6.45) is 4.57. The molecule has 0 radical (unpaired) electrons. The van der Waals surface area contributed by atoms with E-state index in [1.165, 1.54) is 23.2 Å². The van der Waals surface area contributed by atoms with Crippen LogP contribution in [0.5, 0.6) is 0 Å². The maximum Gasteiger partial charge on any atom is 0.420 e. The van der Waals surface area contributed by atoms with Crippen molar-refractivity contribution in [2.24, 2.45) is 7.05 Å². The van der Waals surface area contributed by atoms with Crippen molar-refractivity contribution < 1.29 is 18.7 Å². The third-order valence-corrected chi connectivity index (χ3v) is 5.19. The molecule has 0 fully saturated rings. The molecule has 1 atom stereocenters. The Labute approximate surface area is 212 Å². The minimum absolute atomic E-state index is 0.213. The molecule has 4 rings (SSSR count). The number of hydrogen-bond donors (Lipinski definition) is 2. The Morgan fingerprint density at radius 3 is 2.65 bits per heavy atom. The number of benzene rings is 2. The van der Waals surface area contributed by atoms with Gasteiger partial charge in [0.25, 0.3) is 0 Å². The maximum atomic E-state index is 13.5. The lowest BCUT2D eigenvalue weighted by Gasteiger charge is -2.24. The fourth-order valence-corrected chi connectivity index (χ4v) is 3.40. The summed E-state index contributed by atoms with van der Waals surface area (Å²) >= 11 is 0. The number of carbonyl (C=O) groups is 2. The van der Waals surface area contributed by atoms with E-state index in [4.69, 9.17) is 4.74 Å². The number of nitrogens with one attached hydrogen (secondary N) is 2. The highest BCUT2D eigenvalue weighted by Gasteiger charge is 2.25. The van der Waals surface area contributed by atoms with Crippen LogP contribution in [0.1, 0.15) is 18.6 Å². The zero-order chi connectivity index (χ0) is 26.4. The Bertz CT molecular complexity index is 1420. The Morgan fingerprint density at radius 2 is 1.95 bits per heavy atom. The molecular weight excluding hydrogens is 477 g/mol. The first-order chi connectivity index (χ1) is 17.8. The number of rotatable bonds is 8. The van der Waals surface area contributed by atoms with E-state index < -0.39 is 23.9 Å². The van der Waals surface area contributed by atoms with Gasteiger partial charge in [0.15, 0.2) is 0 Å². The first kappa shape index (κ1) is 25.0. The van der Waals surface area contributed by atoms with E-state index in [-0.39, 0.29) is 11.8 Å². The van der Waals surface area contributed by atoms with Crippen molar-refractivity contribution in [2.45, 2.75) is 13.0 Å². The van der Waals surface area contributed by atoms with Crippen LogP contribution >= 0.6 is 0 Å². The average Bonchev–Trinajstić information content (AvgIpc) is 3.29. The monoisotopic (exact) mass is 501 g/mol. The van der Waals surface area contributed by atoms with Crippen LogP contribution in [-0.4, -0.2) is 31.7 Å². The van der Waals surface area contributed by atoms with Crippen molar-refractivity contribution in [3.05, 3.63) is 97.2 Å². The Morgan fingerprint density at radius 1 is 1.16 bits per heavy atom. The molecule has 0 aliphatic rings. The first-order valence-corrected chi connectivity index (χ1v) is 11.2. The molecule has 10 nitrogen and oxygen atoms in total. The second-order valence-electron chi connectivity index (χ2n) is 7.92. The number of nitrogens with zero attached hydrogens (tertiary/aromatic N) is 5. The molecule has 0 saturated heterocycles. The standard InChI is InChI=1S/C26H24FN7O3/c1-4-24(35)30-20-6-5-7-22(14-20)34(26(36)37-17(2)18-8-10-19(27)11-9-18)23-12-13-28-25(32-23)31-21-15-29-33(3)16-21/h4-17H,1H2,2-3H3,(H,30,35)(H,28,31,32)/t17-/m1/s1. The van der Waals surface area contributed by atoms with Crippen molar-refractivity contribution in [3.63, 3.8) is 0 Å². The van der Waals surface area contributed by atoms with E-state index in [0.717, 1.165) is 6.08 Å². The van der Waals surface area contributed by atoms with Gasteiger partial charge in [-0.3, -0.25) is 9.48 Å². The lowest BCUT2D eigenvalue weighted by Crippen LogP contribution is -2.29. The van der Waals surface area contributed by atoms with Gasteiger partial charge in [-0.15, -0.1) is 0 Å². The summed E-state index contributed by atoms with van der Waals surface area (Å²) in [5.41, 5.74) is 2.09.